The van der Waals surface area contributed by atoms with Crippen LogP contribution < -0.4 is 0 Å². The lowest BCUT2D eigenvalue weighted by Crippen LogP contribution is -2.40. The van der Waals surface area contributed by atoms with Crippen LogP contribution in [-0.4, -0.2) is 87.4 Å². The second-order valence-corrected chi connectivity index (χ2v) is 26.2. The van der Waals surface area contributed by atoms with Gasteiger partial charge in [0.1, 0.15) is 13.2 Å². The van der Waals surface area contributed by atoms with Crippen LogP contribution in [0.15, 0.2) is 72.9 Å². The largest absolute Gasteiger partial charge is 0.477 e. The lowest BCUT2D eigenvalue weighted by Gasteiger charge is -2.25. The standard InChI is InChI=1S/C78H141NO8/c1-6-8-10-12-14-16-18-20-22-24-26-28-30-31-32-33-34-35-36-37-38-39-40-41-42-43-44-45-47-49-51-53-55-57-59-61-63-65-67-69-76(81)87-74(73-86-78(77(82)83)84-71-70-79(3,4)5)72-85-75(80)68-66-64-62-60-58-56-54-52-50-48-46-29-27-25-23-21-19-17-15-13-11-9-7-2/h8,10,14,16,20,22,25-28,31-32,74,78H,6-7,9,11-13,15,17-19,21,23-24,29-30,33-73H2,1-5H3/p+1/b10-8-,16-14-,22-20-,27-25-,28-26-,32-31-. The van der Waals surface area contributed by atoms with Crippen molar-refractivity contribution in [1.29, 1.82) is 0 Å². The first kappa shape index (κ1) is 83.7. The van der Waals surface area contributed by atoms with E-state index in [2.05, 4.69) is 86.8 Å². The Morgan fingerprint density at radius 2 is 0.655 bits per heavy atom. The first-order valence-corrected chi connectivity index (χ1v) is 37.1. The fourth-order valence-electron chi connectivity index (χ4n) is 10.8. The Labute approximate surface area is 538 Å². The molecule has 0 aromatic heterocycles. The molecule has 0 heterocycles. The van der Waals surface area contributed by atoms with Gasteiger partial charge in [-0.3, -0.25) is 9.59 Å². The van der Waals surface area contributed by atoms with Crippen molar-refractivity contribution in [3.05, 3.63) is 72.9 Å². The molecule has 9 nitrogen and oxygen atoms in total. The monoisotopic (exact) mass is 1220 g/mol. The number of aliphatic carboxylic acids is 1. The van der Waals surface area contributed by atoms with E-state index in [1.54, 1.807) is 0 Å². The summed E-state index contributed by atoms with van der Waals surface area (Å²) >= 11 is 0. The first-order chi connectivity index (χ1) is 42.6. The topological polar surface area (TPSA) is 108 Å². The molecule has 0 radical (unpaired) electrons. The fourth-order valence-corrected chi connectivity index (χ4v) is 10.8. The molecule has 0 aromatic rings. The molecular weight excluding hydrogens is 1080 g/mol. The number of carboxylic acids is 1. The molecule has 2 atom stereocenters. The number of ether oxygens (including phenoxy) is 4. The Morgan fingerprint density at radius 3 is 0.989 bits per heavy atom. The lowest BCUT2D eigenvalue weighted by atomic mass is 10.0. The highest BCUT2D eigenvalue weighted by molar-refractivity contribution is 5.71. The Hall–Kier alpha value is -3.27. The summed E-state index contributed by atoms with van der Waals surface area (Å²) in [5, 5.41) is 9.75. The Morgan fingerprint density at radius 1 is 0.356 bits per heavy atom. The number of unbranched alkanes of at least 4 members (excludes halogenated alkanes) is 42. The summed E-state index contributed by atoms with van der Waals surface area (Å²) in [6, 6.07) is 0. The SMILES string of the molecule is CC/C=C\C/C=C\C/C=C\C/C=C\C/C=C\CCCCCCCCCCCCCCCCCCCCCCCCCC(=O)OC(COC(=O)CCCCCCCCCCCCC/C=C\CCCCCCCCCC)COC(OCC[N+](C)(C)C)C(=O)O. The quantitative estimate of drug-likeness (QED) is 0.0211. The number of nitrogens with zero attached hydrogens (tertiary/aromatic N) is 1. The Balaban J connectivity index is 4.00. The van der Waals surface area contributed by atoms with E-state index in [-0.39, 0.29) is 38.2 Å². The van der Waals surface area contributed by atoms with Crippen molar-refractivity contribution in [2.24, 2.45) is 0 Å². The minimum atomic E-state index is -1.51. The molecule has 0 spiro atoms. The van der Waals surface area contributed by atoms with E-state index in [1.807, 2.05) is 21.1 Å². The zero-order valence-corrected chi connectivity index (χ0v) is 57.9. The number of likely N-dealkylation sites (N-methyl/N-ethyl adjacent to an activating group) is 1. The van der Waals surface area contributed by atoms with Crippen LogP contribution in [0, 0.1) is 0 Å². The zero-order chi connectivity index (χ0) is 63.3. The maximum Gasteiger partial charge on any atom is 0.361 e. The Bertz CT molecular complexity index is 1660. The normalized spacial score (nSPS) is 13.1. The predicted molar refractivity (Wildman–Crippen MR) is 373 cm³/mol. The van der Waals surface area contributed by atoms with Gasteiger partial charge in [0.05, 0.1) is 34.4 Å². The van der Waals surface area contributed by atoms with Crippen molar-refractivity contribution in [1.82, 2.24) is 0 Å². The average Bonchev–Trinajstić information content (AvgIpc) is 3.55. The highest BCUT2D eigenvalue weighted by atomic mass is 16.7. The molecule has 9 heteroatoms. The van der Waals surface area contributed by atoms with Gasteiger partial charge in [-0.2, -0.15) is 0 Å². The number of quaternary nitrogens is 1. The highest BCUT2D eigenvalue weighted by Gasteiger charge is 2.25. The third-order valence-electron chi connectivity index (χ3n) is 16.4. The van der Waals surface area contributed by atoms with Gasteiger partial charge in [-0.15, -0.1) is 0 Å². The minimum absolute atomic E-state index is 0.179. The molecule has 0 aliphatic carbocycles. The average molecular weight is 1220 g/mol. The van der Waals surface area contributed by atoms with Gasteiger partial charge in [0.2, 0.25) is 0 Å². The summed E-state index contributed by atoms with van der Waals surface area (Å²) in [4.78, 5) is 37.6. The molecule has 0 rings (SSSR count). The van der Waals surface area contributed by atoms with E-state index in [1.165, 1.54) is 250 Å². The van der Waals surface area contributed by atoms with E-state index in [9.17, 15) is 19.5 Å². The third-order valence-corrected chi connectivity index (χ3v) is 16.4. The molecular formula is C78H142NO8+. The highest BCUT2D eigenvalue weighted by Crippen LogP contribution is 2.19. The second-order valence-electron chi connectivity index (χ2n) is 26.2. The van der Waals surface area contributed by atoms with Crippen molar-refractivity contribution in [3.63, 3.8) is 0 Å². The van der Waals surface area contributed by atoms with Crippen LogP contribution in [0.3, 0.4) is 0 Å². The predicted octanol–water partition coefficient (Wildman–Crippen LogP) is 23.3. The number of esters is 2. The van der Waals surface area contributed by atoms with E-state index in [0.29, 0.717) is 17.4 Å². The van der Waals surface area contributed by atoms with Crippen molar-refractivity contribution in [3.8, 4) is 0 Å². The first-order valence-electron chi connectivity index (χ1n) is 37.1. The smallest absolute Gasteiger partial charge is 0.361 e. The minimum Gasteiger partial charge on any atom is -0.477 e. The van der Waals surface area contributed by atoms with E-state index in [4.69, 9.17) is 18.9 Å². The third kappa shape index (κ3) is 70.1. The zero-order valence-electron chi connectivity index (χ0n) is 57.9. The summed E-state index contributed by atoms with van der Waals surface area (Å²) in [5.41, 5.74) is 0. The molecule has 0 aliphatic heterocycles. The lowest BCUT2D eigenvalue weighted by molar-refractivity contribution is -0.870. The number of carboxylic acid groups (broad SMARTS) is 1. The molecule has 0 saturated heterocycles. The fraction of sp³-hybridized carbons (Fsp3) is 0.808. The molecule has 0 fully saturated rings. The van der Waals surface area contributed by atoms with E-state index >= 15 is 0 Å². The van der Waals surface area contributed by atoms with Crippen molar-refractivity contribution in [2.45, 2.75) is 360 Å². The van der Waals surface area contributed by atoms with Gasteiger partial charge in [-0.1, -0.05) is 324 Å². The van der Waals surface area contributed by atoms with Crippen LogP contribution in [-0.2, 0) is 33.3 Å². The van der Waals surface area contributed by atoms with Gasteiger partial charge in [0, 0.05) is 12.8 Å². The second kappa shape index (κ2) is 68.6. The summed E-state index contributed by atoms with van der Waals surface area (Å²) in [6.45, 7) is 4.82. The molecule has 0 saturated carbocycles. The number of carbonyl (C=O) groups is 3. The van der Waals surface area contributed by atoms with E-state index in [0.717, 1.165) is 70.6 Å². The van der Waals surface area contributed by atoms with Crippen LogP contribution in [0.1, 0.15) is 348 Å². The number of rotatable bonds is 69. The number of allylic oxidation sites excluding steroid dienone is 12. The summed E-state index contributed by atoms with van der Waals surface area (Å²) in [6.07, 6.45) is 88.9. The molecule has 506 valence electrons. The number of carbonyl (C=O) groups excluding carboxylic acids is 2. The van der Waals surface area contributed by atoms with E-state index < -0.39 is 18.4 Å². The van der Waals surface area contributed by atoms with Gasteiger partial charge in [0.25, 0.3) is 6.29 Å². The van der Waals surface area contributed by atoms with Crippen LogP contribution in [0.5, 0.6) is 0 Å². The van der Waals surface area contributed by atoms with Gasteiger partial charge in [-0.05, 0) is 83.5 Å². The van der Waals surface area contributed by atoms with Crippen LogP contribution in [0.4, 0.5) is 0 Å². The molecule has 1 N–H and O–H groups in total. The van der Waals surface area contributed by atoms with Crippen molar-refractivity contribution < 1.29 is 42.9 Å². The molecule has 0 amide bonds. The molecule has 2 unspecified atom stereocenters. The molecule has 0 aromatic carbocycles. The maximum atomic E-state index is 13.0. The molecule has 0 bridgehead atoms. The van der Waals surface area contributed by atoms with Gasteiger partial charge in [-0.25, -0.2) is 4.79 Å². The van der Waals surface area contributed by atoms with Gasteiger partial charge in [0.15, 0.2) is 6.10 Å². The molecule has 0 aliphatic rings. The number of hydrogen-bond acceptors (Lipinski definition) is 7. The van der Waals surface area contributed by atoms with Gasteiger partial charge < -0.3 is 28.5 Å². The summed E-state index contributed by atoms with van der Waals surface area (Å²) in [7, 11) is 5.99. The van der Waals surface area contributed by atoms with Gasteiger partial charge >= 0.3 is 17.9 Å². The Kier molecular flexibility index (Phi) is 66.1. The van der Waals surface area contributed by atoms with Crippen LogP contribution >= 0.6 is 0 Å². The van der Waals surface area contributed by atoms with Crippen molar-refractivity contribution >= 4 is 17.9 Å². The summed E-state index contributed by atoms with van der Waals surface area (Å²) in [5.74, 6) is -1.98. The number of hydrogen-bond donors (Lipinski definition) is 1. The summed E-state index contributed by atoms with van der Waals surface area (Å²) < 4.78 is 23.0. The van der Waals surface area contributed by atoms with Crippen molar-refractivity contribution in [2.75, 3.05) is 47.5 Å². The van der Waals surface area contributed by atoms with Crippen LogP contribution in [0.2, 0.25) is 0 Å². The molecule has 87 heavy (non-hydrogen) atoms. The van der Waals surface area contributed by atoms with Crippen LogP contribution in [0.25, 0.3) is 0 Å². The maximum absolute atomic E-state index is 13.0.